The molecule has 0 atom stereocenters. The lowest BCUT2D eigenvalue weighted by Crippen LogP contribution is -2.16. The zero-order valence-electron chi connectivity index (χ0n) is 14.1. The van der Waals surface area contributed by atoms with Gasteiger partial charge in [-0.15, -0.1) is 0 Å². The van der Waals surface area contributed by atoms with Gasteiger partial charge in [-0.3, -0.25) is 0 Å². The summed E-state index contributed by atoms with van der Waals surface area (Å²) in [4.78, 5) is 12.2. The summed E-state index contributed by atoms with van der Waals surface area (Å²) in [7, 11) is -3.95. The molecule has 3 rings (SSSR count). The largest absolute Gasteiger partial charge is 0.461 e. The van der Waals surface area contributed by atoms with Crippen molar-refractivity contribution in [2.24, 2.45) is 5.14 Å². The highest BCUT2D eigenvalue weighted by atomic mass is 32.2. The average Bonchev–Trinajstić information content (AvgIpc) is 3.24. The van der Waals surface area contributed by atoms with Gasteiger partial charge in [-0.05, 0) is 49.2 Å². The minimum atomic E-state index is -3.95. The molecule has 0 fully saturated rings. The molecule has 0 aliphatic rings. The SMILES string of the molecule is Cc1cc(C(=O)OCc2cc(-c3ccco3)on2)cc(S(N)(=O)=O)c1C. The number of hydrogen-bond acceptors (Lipinski definition) is 7. The van der Waals surface area contributed by atoms with E-state index in [0.29, 0.717) is 28.3 Å². The molecule has 0 bridgehead atoms. The Labute approximate surface area is 149 Å². The van der Waals surface area contributed by atoms with Crippen molar-refractivity contribution in [1.29, 1.82) is 0 Å². The summed E-state index contributed by atoms with van der Waals surface area (Å²) in [6, 6.07) is 7.75. The lowest BCUT2D eigenvalue weighted by molar-refractivity contribution is 0.0464. The van der Waals surface area contributed by atoms with E-state index in [0.717, 1.165) is 0 Å². The third-order valence-electron chi connectivity index (χ3n) is 3.84. The van der Waals surface area contributed by atoms with Gasteiger partial charge in [0.1, 0.15) is 12.3 Å². The minimum Gasteiger partial charge on any atom is -0.461 e. The molecule has 0 amide bonds. The molecule has 3 aromatic rings. The van der Waals surface area contributed by atoms with Crippen molar-refractivity contribution in [3.05, 3.63) is 59.0 Å². The maximum atomic E-state index is 12.3. The van der Waals surface area contributed by atoms with Crippen LogP contribution in [-0.4, -0.2) is 19.5 Å². The van der Waals surface area contributed by atoms with Gasteiger partial charge in [-0.25, -0.2) is 18.4 Å². The van der Waals surface area contributed by atoms with Crippen molar-refractivity contribution in [1.82, 2.24) is 5.16 Å². The van der Waals surface area contributed by atoms with Crippen molar-refractivity contribution in [3.8, 4) is 11.5 Å². The predicted octanol–water partition coefficient (Wildman–Crippen LogP) is 2.56. The minimum absolute atomic E-state index is 0.0897. The van der Waals surface area contributed by atoms with Crippen molar-refractivity contribution >= 4 is 16.0 Å². The fourth-order valence-electron chi connectivity index (χ4n) is 2.38. The van der Waals surface area contributed by atoms with E-state index >= 15 is 0 Å². The number of sulfonamides is 1. The summed E-state index contributed by atoms with van der Waals surface area (Å²) in [6.45, 7) is 3.17. The van der Waals surface area contributed by atoms with Crippen LogP contribution in [0.4, 0.5) is 0 Å². The number of rotatable bonds is 5. The molecule has 0 radical (unpaired) electrons. The van der Waals surface area contributed by atoms with Crippen LogP contribution in [0, 0.1) is 13.8 Å². The number of nitrogens with two attached hydrogens (primary N) is 1. The monoisotopic (exact) mass is 376 g/mol. The zero-order valence-corrected chi connectivity index (χ0v) is 14.9. The highest BCUT2D eigenvalue weighted by Gasteiger charge is 2.19. The molecule has 136 valence electrons. The summed E-state index contributed by atoms with van der Waals surface area (Å²) in [5, 5.41) is 9.00. The van der Waals surface area contributed by atoms with Gasteiger partial charge >= 0.3 is 5.97 Å². The van der Waals surface area contributed by atoms with Gasteiger partial charge in [0.2, 0.25) is 15.8 Å². The second kappa shape index (κ2) is 6.77. The highest BCUT2D eigenvalue weighted by molar-refractivity contribution is 7.89. The predicted molar refractivity (Wildman–Crippen MR) is 90.6 cm³/mol. The molecule has 1 aromatic carbocycles. The second-order valence-electron chi connectivity index (χ2n) is 5.70. The van der Waals surface area contributed by atoms with Crippen LogP contribution in [0.2, 0.25) is 0 Å². The Balaban J connectivity index is 1.76. The Hall–Kier alpha value is -2.91. The highest BCUT2D eigenvalue weighted by Crippen LogP contribution is 2.22. The van der Waals surface area contributed by atoms with Gasteiger partial charge in [0.05, 0.1) is 16.7 Å². The van der Waals surface area contributed by atoms with Crippen molar-refractivity contribution in [2.45, 2.75) is 25.3 Å². The standard InChI is InChI=1S/C17H16N2O6S/c1-10-6-12(7-16(11(10)2)26(18,21)22)17(20)24-9-13-8-15(25-19-13)14-4-3-5-23-14/h3-8H,9H2,1-2H3,(H2,18,21,22). The van der Waals surface area contributed by atoms with Gasteiger partial charge < -0.3 is 13.7 Å². The number of ether oxygens (including phenoxy) is 1. The van der Waals surface area contributed by atoms with Crippen LogP contribution in [-0.2, 0) is 21.4 Å². The Morgan fingerprint density at radius 3 is 2.65 bits per heavy atom. The molecular weight excluding hydrogens is 360 g/mol. The first-order chi connectivity index (χ1) is 12.3. The summed E-state index contributed by atoms with van der Waals surface area (Å²) < 4.78 is 38.8. The number of benzene rings is 1. The molecule has 2 heterocycles. The number of carbonyl (C=O) groups is 1. The summed E-state index contributed by atoms with van der Waals surface area (Å²) in [5.74, 6) is 0.214. The molecule has 2 N–H and O–H groups in total. The van der Waals surface area contributed by atoms with Crippen LogP contribution in [0.15, 0.2) is 50.4 Å². The van der Waals surface area contributed by atoms with E-state index < -0.39 is 16.0 Å². The Kier molecular flexibility index (Phi) is 4.66. The van der Waals surface area contributed by atoms with E-state index in [1.54, 1.807) is 38.1 Å². The molecule has 0 aliphatic heterocycles. The molecule has 0 saturated heterocycles. The van der Waals surface area contributed by atoms with Crippen LogP contribution < -0.4 is 5.14 Å². The van der Waals surface area contributed by atoms with E-state index in [1.165, 1.54) is 12.3 Å². The van der Waals surface area contributed by atoms with Gasteiger partial charge in [-0.1, -0.05) is 5.16 Å². The maximum Gasteiger partial charge on any atom is 0.338 e. The number of furan rings is 1. The second-order valence-corrected chi connectivity index (χ2v) is 7.23. The van der Waals surface area contributed by atoms with E-state index in [4.69, 9.17) is 18.8 Å². The molecule has 9 heteroatoms. The lowest BCUT2D eigenvalue weighted by Gasteiger charge is -2.10. The summed E-state index contributed by atoms with van der Waals surface area (Å²) in [5.41, 5.74) is 1.58. The van der Waals surface area contributed by atoms with Crippen molar-refractivity contribution in [2.75, 3.05) is 0 Å². The number of hydrogen-bond donors (Lipinski definition) is 1. The molecule has 0 unspecified atom stereocenters. The number of aryl methyl sites for hydroxylation is 1. The van der Waals surface area contributed by atoms with Crippen LogP contribution >= 0.6 is 0 Å². The van der Waals surface area contributed by atoms with Crippen LogP contribution in [0.5, 0.6) is 0 Å². The Morgan fingerprint density at radius 2 is 2.00 bits per heavy atom. The first kappa shape index (κ1) is 17.9. The topological polar surface area (TPSA) is 126 Å². The summed E-state index contributed by atoms with van der Waals surface area (Å²) in [6.07, 6.45) is 1.50. The van der Waals surface area contributed by atoms with E-state index in [2.05, 4.69) is 5.16 Å². The van der Waals surface area contributed by atoms with Crippen LogP contribution in [0.1, 0.15) is 27.2 Å². The third-order valence-corrected chi connectivity index (χ3v) is 4.87. The third kappa shape index (κ3) is 3.68. The van der Waals surface area contributed by atoms with Gasteiger partial charge in [0, 0.05) is 6.07 Å². The van der Waals surface area contributed by atoms with Gasteiger partial charge in [0.15, 0.2) is 5.76 Å². The Morgan fingerprint density at radius 1 is 1.23 bits per heavy atom. The number of carbonyl (C=O) groups excluding carboxylic acids is 1. The average molecular weight is 376 g/mol. The van der Waals surface area contributed by atoms with Crippen LogP contribution in [0.3, 0.4) is 0 Å². The van der Waals surface area contributed by atoms with Gasteiger partial charge in [-0.2, -0.15) is 0 Å². The molecule has 26 heavy (non-hydrogen) atoms. The zero-order chi connectivity index (χ0) is 18.9. The molecule has 8 nitrogen and oxygen atoms in total. The summed E-state index contributed by atoms with van der Waals surface area (Å²) >= 11 is 0. The number of nitrogens with zero attached hydrogens (tertiary/aromatic N) is 1. The first-order valence-corrected chi connectivity index (χ1v) is 9.11. The molecule has 0 spiro atoms. The number of primary sulfonamides is 1. The van der Waals surface area contributed by atoms with E-state index in [9.17, 15) is 13.2 Å². The molecule has 2 aromatic heterocycles. The van der Waals surface area contributed by atoms with E-state index in [-0.39, 0.29) is 17.1 Å². The number of esters is 1. The van der Waals surface area contributed by atoms with E-state index in [1.807, 2.05) is 0 Å². The maximum absolute atomic E-state index is 12.3. The molecular formula is C17H16N2O6S. The van der Waals surface area contributed by atoms with Crippen LogP contribution in [0.25, 0.3) is 11.5 Å². The quantitative estimate of drug-likeness (QED) is 0.678. The van der Waals surface area contributed by atoms with Crippen molar-refractivity contribution in [3.63, 3.8) is 0 Å². The molecule has 0 saturated carbocycles. The van der Waals surface area contributed by atoms with Gasteiger partial charge in [0.25, 0.3) is 0 Å². The normalized spacial score (nSPS) is 11.5. The molecule has 0 aliphatic carbocycles. The van der Waals surface area contributed by atoms with Crippen molar-refractivity contribution < 1.29 is 26.9 Å². The fraction of sp³-hybridized carbons (Fsp3) is 0.176. The first-order valence-electron chi connectivity index (χ1n) is 7.56. The Bertz CT molecular complexity index is 1050. The lowest BCUT2D eigenvalue weighted by atomic mass is 10.1. The number of aromatic nitrogens is 1. The smallest absolute Gasteiger partial charge is 0.338 e. The fourth-order valence-corrected chi connectivity index (χ4v) is 3.26.